The van der Waals surface area contributed by atoms with E-state index in [1.54, 1.807) is 0 Å². The Morgan fingerprint density at radius 3 is 2.20 bits per heavy atom. The summed E-state index contributed by atoms with van der Waals surface area (Å²) in [5, 5.41) is 3.15. The van der Waals surface area contributed by atoms with Crippen LogP contribution >= 0.6 is 0 Å². The number of rotatable bonds is 3. The highest BCUT2D eigenvalue weighted by Crippen LogP contribution is 2.26. The van der Waals surface area contributed by atoms with Crippen molar-refractivity contribution < 1.29 is 4.79 Å². The van der Waals surface area contributed by atoms with E-state index in [4.69, 9.17) is 5.73 Å². The molecule has 116 valence electrons. The van der Waals surface area contributed by atoms with E-state index in [-0.39, 0.29) is 11.3 Å². The van der Waals surface area contributed by atoms with E-state index in [1.807, 2.05) is 20.8 Å². The normalized spacial score (nSPS) is 24.8. The molecule has 2 aliphatic rings. The van der Waals surface area contributed by atoms with E-state index in [0.29, 0.717) is 6.04 Å². The number of nitrogens with two attached hydrogens (primary N) is 1. The van der Waals surface area contributed by atoms with Crippen molar-refractivity contribution in [2.45, 2.75) is 77.4 Å². The fraction of sp³-hybridized carbons (Fsp3) is 0.938. The molecular formula is C16H31N3O. The Bertz CT molecular complexity index is 323. The number of nitrogens with one attached hydrogen (secondary N) is 1. The molecule has 1 saturated carbocycles. The Labute approximate surface area is 123 Å². The van der Waals surface area contributed by atoms with Gasteiger partial charge in [-0.1, -0.05) is 33.6 Å². The number of piperidine rings is 1. The average molecular weight is 281 g/mol. The number of carbonyl (C=O) groups excluding carboxylic acids is 1. The van der Waals surface area contributed by atoms with E-state index < -0.39 is 6.04 Å². The van der Waals surface area contributed by atoms with Gasteiger partial charge < -0.3 is 16.0 Å². The lowest BCUT2D eigenvalue weighted by atomic mass is 9.86. The number of carbonyl (C=O) groups is 1. The predicted octanol–water partition coefficient (Wildman–Crippen LogP) is 1.88. The lowest BCUT2D eigenvalue weighted by Crippen LogP contribution is -2.54. The monoisotopic (exact) mass is 281 g/mol. The van der Waals surface area contributed by atoms with Crippen molar-refractivity contribution in [2.75, 3.05) is 13.1 Å². The molecule has 4 nitrogen and oxygen atoms in total. The topological polar surface area (TPSA) is 58.4 Å². The summed E-state index contributed by atoms with van der Waals surface area (Å²) in [5.41, 5.74) is 5.84. The van der Waals surface area contributed by atoms with Gasteiger partial charge in [0.2, 0.25) is 5.91 Å². The Morgan fingerprint density at radius 2 is 1.70 bits per heavy atom. The summed E-state index contributed by atoms with van der Waals surface area (Å²) in [6.07, 6.45) is 7.65. The molecular weight excluding hydrogens is 250 g/mol. The second kappa shape index (κ2) is 6.44. The van der Waals surface area contributed by atoms with Gasteiger partial charge in [-0.05, 0) is 31.1 Å². The lowest BCUT2D eigenvalue weighted by Gasteiger charge is -2.37. The third kappa shape index (κ3) is 3.95. The molecule has 1 atom stereocenters. The Balaban J connectivity index is 1.75. The van der Waals surface area contributed by atoms with Gasteiger partial charge >= 0.3 is 0 Å². The van der Waals surface area contributed by atoms with Gasteiger partial charge in [0.1, 0.15) is 0 Å². The average Bonchev–Trinajstić information content (AvgIpc) is 2.91. The third-order valence-electron chi connectivity index (χ3n) is 4.93. The van der Waals surface area contributed by atoms with Crippen molar-refractivity contribution in [3.05, 3.63) is 0 Å². The molecule has 0 spiro atoms. The van der Waals surface area contributed by atoms with Crippen molar-refractivity contribution in [3.63, 3.8) is 0 Å². The Morgan fingerprint density at radius 1 is 1.15 bits per heavy atom. The van der Waals surface area contributed by atoms with Crippen LogP contribution < -0.4 is 11.1 Å². The van der Waals surface area contributed by atoms with E-state index >= 15 is 0 Å². The highest BCUT2D eigenvalue weighted by molar-refractivity contribution is 5.82. The fourth-order valence-corrected chi connectivity index (χ4v) is 3.36. The van der Waals surface area contributed by atoms with Crippen molar-refractivity contribution in [3.8, 4) is 0 Å². The van der Waals surface area contributed by atoms with Crippen LogP contribution in [0.3, 0.4) is 0 Å². The molecule has 2 rings (SSSR count). The van der Waals surface area contributed by atoms with Gasteiger partial charge in [0.05, 0.1) is 6.04 Å². The first-order chi connectivity index (χ1) is 9.38. The smallest absolute Gasteiger partial charge is 0.237 e. The van der Waals surface area contributed by atoms with Crippen LogP contribution in [0.1, 0.15) is 59.3 Å². The summed E-state index contributed by atoms with van der Waals surface area (Å²) in [4.78, 5) is 14.8. The minimum absolute atomic E-state index is 0.0109. The second-order valence-electron chi connectivity index (χ2n) is 7.60. The minimum atomic E-state index is -0.421. The molecule has 0 aromatic carbocycles. The molecule has 1 heterocycles. The van der Waals surface area contributed by atoms with Crippen LogP contribution in [0, 0.1) is 5.41 Å². The van der Waals surface area contributed by atoms with Crippen LogP contribution in [-0.4, -0.2) is 42.0 Å². The van der Waals surface area contributed by atoms with E-state index in [1.165, 1.54) is 25.7 Å². The molecule has 4 heteroatoms. The standard InChI is InChI=1S/C16H31N3O/c1-16(2,3)14(17)15(20)18-12-8-10-19(11-9-12)13-6-4-5-7-13/h12-14H,4-11,17H2,1-3H3,(H,18,20)/t14-/m1/s1. The fourth-order valence-electron chi connectivity index (χ4n) is 3.36. The first-order valence-electron chi connectivity index (χ1n) is 8.18. The maximum absolute atomic E-state index is 12.1. The number of likely N-dealkylation sites (tertiary alicyclic amines) is 1. The van der Waals surface area contributed by atoms with Crippen molar-refractivity contribution in [2.24, 2.45) is 11.1 Å². The van der Waals surface area contributed by atoms with Crippen LogP contribution in [0.5, 0.6) is 0 Å². The minimum Gasteiger partial charge on any atom is -0.352 e. The van der Waals surface area contributed by atoms with Gasteiger partial charge in [0, 0.05) is 25.2 Å². The van der Waals surface area contributed by atoms with Gasteiger partial charge in [-0.2, -0.15) is 0 Å². The zero-order chi connectivity index (χ0) is 14.8. The summed E-state index contributed by atoms with van der Waals surface area (Å²) in [6.45, 7) is 8.29. The van der Waals surface area contributed by atoms with Crippen LogP contribution in [-0.2, 0) is 4.79 Å². The summed E-state index contributed by atoms with van der Waals surface area (Å²) in [6, 6.07) is 0.701. The van der Waals surface area contributed by atoms with Crippen LogP contribution in [0.2, 0.25) is 0 Å². The lowest BCUT2D eigenvalue weighted by molar-refractivity contribution is -0.125. The highest BCUT2D eigenvalue weighted by Gasteiger charge is 2.31. The van der Waals surface area contributed by atoms with Gasteiger partial charge in [0.25, 0.3) is 0 Å². The summed E-state index contributed by atoms with van der Waals surface area (Å²) >= 11 is 0. The van der Waals surface area contributed by atoms with Crippen LogP contribution in [0.25, 0.3) is 0 Å². The van der Waals surface area contributed by atoms with Gasteiger partial charge in [-0.25, -0.2) is 0 Å². The molecule has 1 saturated heterocycles. The first kappa shape index (κ1) is 15.8. The quantitative estimate of drug-likeness (QED) is 0.830. The summed E-state index contributed by atoms with van der Waals surface area (Å²) in [7, 11) is 0. The zero-order valence-electron chi connectivity index (χ0n) is 13.3. The molecule has 1 aliphatic carbocycles. The molecule has 0 bridgehead atoms. The molecule has 0 aromatic rings. The first-order valence-corrected chi connectivity index (χ1v) is 8.18. The summed E-state index contributed by atoms with van der Waals surface area (Å²) < 4.78 is 0. The van der Waals surface area contributed by atoms with Crippen LogP contribution in [0.15, 0.2) is 0 Å². The molecule has 1 aliphatic heterocycles. The molecule has 0 aromatic heterocycles. The van der Waals surface area contributed by atoms with Gasteiger partial charge in [-0.3, -0.25) is 4.79 Å². The predicted molar refractivity (Wildman–Crippen MR) is 82.4 cm³/mol. The Hall–Kier alpha value is -0.610. The maximum Gasteiger partial charge on any atom is 0.237 e. The molecule has 0 unspecified atom stereocenters. The maximum atomic E-state index is 12.1. The number of amides is 1. The third-order valence-corrected chi connectivity index (χ3v) is 4.93. The van der Waals surface area contributed by atoms with Crippen molar-refractivity contribution >= 4 is 5.91 Å². The molecule has 20 heavy (non-hydrogen) atoms. The van der Waals surface area contributed by atoms with Gasteiger partial charge in [0.15, 0.2) is 0 Å². The largest absolute Gasteiger partial charge is 0.352 e. The molecule has 3 N–H and O–H groups in total. The van der Waals surface area contributed by atoms with E-state index in [0.717, 1.165) is 32.0 Å². The number of hydrogen-bond acceptors (Lipinski definition) is 3. The van der Waals surface area contributed by atoms with Crippen molar-refractivity contribution in [1.29, 1.82) is 0 Å². The summed E-state index contributed by atoms with van der Waals surface area (Å²) in [5.74, 6) is 0.0109. The van der Waals surface area contributed by atoms with Crippen molar-refractivity contribution in [1.82, 2.24) is 10.2 Å². The number of hydrogen-bond donors (Lipinski definition) is 2. The van der Waals surface area contributed by atoms with E-state index in [9.17, 15) is 4.79 Å². The van der Waals surface area contributed by atoms with Gasteiger partial charge in [-0.15, -0.1) is 0 Å². The van der Waals surface area contributed by atoms with Crippen LogP contribution in [0.4, 0.5) is 0 Å². The molecule has 1 amide bonds. The number of nitrogens with zero attached hydrogens (tertiary/aromatic N) is 1. The Kier molecular flexibility index (Phi) is 5.08. The SMILES string of the molecule is CC(C)(C)[C@H](N)C(=O)NC1CCN(C2CCCC2)CC1. The van der Waals surface area contributed by atoms with E-state index in [2.05, 4.69) is 10.2 Å². The highest BCUT2D eigenvalue weighted by atomic mass is 16.2. The molecule has 2 fully saturated rings. The molecule has 0 radical (unpaired) electrons. The second-order valence-corrected chi connectivity index (χ2v) is 7.60. The zero-order valence-corrected chi connectivity index (χ0v) is 13.3.